The Morgan fingerprint density at radius 3 is 2.56 bits per heavy atom. The third-order valence-corrected chi connectivity index (χ3v) is 6.41. The van der Waals surface area contributed by atoms with Crippen LogP contribution in [0.5, 0.6) is 0 Å². The summed E-state index contributed by atoms with van der Waals surface area (Å²) in [5.74, 6) is -0.328. The fourth-order valence-corrected chi connectivity index (χ4v) is 4.55. The van der Waals surface area contributed by atoms with Gasteiger partial charge in [-0.2, -0.15) is 5.10 Å². The molecule has 2 aromatic heterocycles. The molecule has 1 aliphatic rings. The molecule has 1 N–H and O–H groups in total. The molecule has 4 aromatic rings. The lowest BCUT2D eigenvalue weighted by molar-refractivity contribution is -0.116. The Morgan fingerprint density at radius 2 is 1.79 bits per heavy atom. The molecule has 0 fully saturated rings. The Balaban J connectivity index is 1.51. The minimum atomic E-state index is -0.530. The maximum absolute atomic E-state index is 13.4. The minimum absolute atomic E-state index is 0.110. The highest BCUT2D eigenvalue weighted by atomic mass is 16.2. The standard InChI is InChI=1S/C26H27N5O3/c1-3-29-15-22-24(28-29)25(33)31(14-18-9-7-17(2)8-10-18)26(34)30(22)16-23(32)27-21-12-11-19-5-4-6-20(19)13-21/h7-13,15H,3-6,14,16H2,1-2H3,(H,27,32). The highest BCUT2D eigenvalue weighted by molar-refractivity contribution is 5.91. The predicted molar refractivity (Wildman–Crippen MR) is 131 cm³/mol. The van der Waals surface area contributed by atoms with E-state index < -0.39 is 11.2 Å². The summed E-state index contributed by atoms with van der Waals surface area (Å²) < 4.78 is 4.10. The first-order valence-electron chi connectivity index (χ1n) is 11.6. The molecule has 1 amide bonds. The summed E-state index contributed by atoms with van der Waals surface area (Å²) in [6, 6.07) is 13.6. The number of rotatable bonds is 6. The third-order valence-electron chi connectivity index (χ3n) is 6.41. The normalized spacial score (nSPS) is 12.8. The molecule has 34 heavy (non-hydrogen) atoms. The topological polar surface area (TPSA) is 90.9 Å². The van der Waals surface area contributed by atoms with Crippen LogP contribution >= 0.6 is 0 Å². The monoisotopic (exact) mass is 457 g/mol. The number of amides is 1. The molecule has 0 unspecified atom stereocenters. The van der Waals surface area contributed by atoms with Crippen LogP contribution in [-0.2, 0) is 37.3 Å². The molecule has 2 aromatic carbocycles. The molecule has 0 spiro atoms. The van der Waals surface area contributed by atoms with E-state index in [-0.39, 0.29) is 24.5 Å². The molecule has 8 heteroatoms. The van der Waals surface area contributed by atoms with Crippen molar-refractivity contribution in [1.82, 2.24) is 18.9 Å². The Kier molecular flexibility index (Phi) is 5.65. The lowest BCUT2D eigenvalue weighted by atomic mass is 10.1. The number of nitrogens with zero attached hydrogens (tertiary/aromatic N) is 4. The summed E-state index contributed by atoms with van der Waals surface area (Å²) in [7, 11) is 0. The smallest absolute Gasteiger partial charge is 0.325 e. The summed E-state index contributed by atoms with van der Waals surface area (Å²) in [6.45, 7) is 4.32. The van der Waals surface area contributed by atoms with Crippen LogP contribution in [0.4, 0.5) is 5.69 Å². The maximum Gasteiger partial charge on any atom is 0.332 e. The van der Waals surface area contributed by atoms with Gasteiger partial charge in [-0.25, -0.2) is 4.79 Å². The molecule has 8 nitrogen and oxygen atoms in total. The summed E-state index contributed by atoms with van der Waals surface area (Å²) in [5.41, 5.74) is 4.77. The molecule has 0 radical (unpaired) electrons. The molecule has 2 heterocycles. The Morgan fingerprint density at radius 1 is 1.03 bits per heavy atom. The average Bonchev–Trinajstić information content (AvgIpc) is 3.47. The third kappa shape index (κ3) is 4.07. The van der Waals surface area contributed by atoms with Crippen LogP contribution in [-0.4, -0.2) is 24.8 Å². The highest BCUT2D eigenvalue weighted by Gasteiger charge is 2.19. The van der Waals surface area contributed by atoms with Crippen molar-refractivity contribution in [3.8, 4) is 0 Å². The summed E-state index contributed by atoms with van der Waals surface area (Å²) in [6.07, 6.45) is 4.86. The van der Waals surface area contributed by atoms with E-state index in [1.165, 1.54) is 15.7 Å². The molecule has 5 rings (SSSR count). The Hall–Kier alpha value is -3.94. The first-order chi connectivity index (χ1) is 16.4. The number of fused-ring (bicyclic) bond motifs is 2. The van der Waals surface area contributed by atoms with Crippen LogP contribution in [0.25, 0.3) is 11.0 Å². The van der Waals surface area contributed by atoms with Gasteiger partial charge < -0.3 is 5.32 Å². The number of nitrogens with one attached hydrogen (secondary N) is 1. The van der Waals surface area contributed by atoms with Gasteiger partial charge in [0.2, 0.25) is 5.91 Å². The molecule has 1 aliphatic carbocycles. The summed E-state index contributed by atoms with van der Waals surface area (Å²) >= 11 is 0. The molecular weight excluding hydrogens is 430 g/mol. The molecule has 0 saturated heterocycles. The van der Waals surface area contributed by atoms with Crippen molar-refractivity contribution in [2.75, 3.05) is 5.32 Å². The molecular formula is C26H27N5O3. The van der Waals surface area contributed by atoms with Gasteiger partial charge in [0.05, 0.1) is 12.1 Å². The number of hydrogen-bond donors (Lipinski definition) is 1. The van der Waals surface area contributed by atoms with E-state index in [9.17, 15) is 14.4 Å². The second kappa shape index (κ2) is 8.78. The van der Waals surface area contributed by atoms with Gasteiger partial charge in [-0.3, -0.25) is 23.4 Å². The van der Waals surface area contributed by atoms with E-state index in [1.54, 1.807) is 10.9 Å². The number of hydrogen-bond acceptors (Lipinski definition) is 4. The minimum Gasteiger partial charge on any atom is -0.325 e. The predicted octanol–water partition coefficient (Wildman–Crippen LogP) is 2.86. The lowest BCUT2D eigenvalue weighted by Crippen LogP contribution is -2.41. The van der Waals surface area contributed by atoms with Crippen LogP contribution in [0.3, 0.4) is 0 Å². The van der Waals surface area contributed by atoms with E-state index >= 15 is 0 Å². The molecule has 0 atom stereocenters. The fourth-order valence-electron chi connectivity index (χ4n) is 4.55. The Labute approximate surface area is 196 Å². The first kappa shape index (κ1) is 21.9. The molecule has 0 bridgehead atoms. The van der Waals surface area contributed by atoms with Crippen LogP contribution in [0, 0.1) is 6.92 Å². The molecule has 174 valence electrons. The van der Waals surface area contributed by atoms with Gasteiger partial charge in [-0.05, 0) is 61.9 Å². The van der Waals surface area contributed by atoms with Crippen molar-refractivity contribution in [2.24, 2.45) is 0 Å². The van der Waals surface area contributed by atoms with Crippen molar-refractivity contribution in [3.63, 3.8) is 0 Å². The van der Waals surface area contributed by atoms with Crippen LogP contribution in [0.1, 0.15) is 35.6 Å². The van der Waals surface area contributed by atoms with Gasteiger partial charge in [0.25, 0.3) is 5.56 Å². The zero-order chi connectivity index (χ0) is 23.8. The summed E-state index contributed by atoms with van der Waals surface area (Å²) in [4.78, 5) is 39.5. The second-order valence-corrected chi connectivity index (χ2v) is 8.85. The maximum atomic E-state index is 13.4. The molecule has 0 aliphatic heterocycles. The van der Waals surface area contributed by atoms with E-state index in [0.717, 1.165) is 35.0 Å². The van der Waals surface area contributed by atoms with Gasteiger partial charge >= 0.3 is 5.69 Å². The van der Waals surface area contributed by atoms with E-state index in [1.807, 2.05) is 50.2 Å². The van der Waals surface area contributed by atoms with Gasteiger partial charge in [-0.15, -0.1) is 0 Å². The van der Waals surface area contributed by atoms with Crippen molar-refractivity contribution in [1.29, 1.82) is 0 Å². The Bertz CT molecular complexity index is 1510. The lowest BCUT2D eigenvalue weighted by Gasteiger charge is -2.12. The van der Waals surface area contributed by atoms with Gasteiger partial charge in [0.1, 0.15) is 6.54 Å². The molecule has 0 saturated carbocycles. The van der Waals surface area contributed by atoms with E-state index in [4.69, 9.17) is 0 Å². The van der Waals surface area contributed by atoms with Crippen molar-refractivity contribution in [3.05, 3.63) is 91.8 Å². The number of carbonyl (C=O) groups excluding carboxylic acids is 1. The average molecular weight is 458 g/mol. The number of benzene rings is 2. The van der Waals surface area contributed by atoms with E-state index in [2.05, 4.69) is 16.5 Å². The first-order valence-corrected chi connectivity index (χ1v) is 11.6. The quantitative estimate of drug-likeness (QED) is 0.482. The number of aromatic nitrogens is 4. The number of anilines is 1. The van der Waals surface area contributed by atoms with Gasteiger partial charge in [0, 0.05) is 18.4 Å². The van der Waals surface area contributed by atoms with Gasteiger partial charge in [-0.1, -0.05) is 35.9 Å². The van der Waals surface area contributed by atoms with Crippen molar-refractivity contribution < 1.29 is 4.79 Å². The number of aryl methyl sites for hydroxylation is 4. The van der Waals surface area contributed by atoms with Gasteiger partial charge in [0.15, 0.2) is 5.52 Å². The zero-order valence-corrected chi connectivity index (χ0v) is 19.4. The summed E-state index contributed by atoms with van der Waals surface area (Å²) in [5, 5.41) is 7.28. The van der Waals surface area contributed by atoms with Crippen LogP contribution in [0.15, 0.2) is 58.3 Å². The number of carbonyl (C=O) groups is 1. The van der Waals surface area contributed by atoms with Crippen LogP contribution < -0.4 is 16.6 Å². The van der Waals surface area contributed by atoms with Crippen LogP contribution in [0.2, 0.25) is 0 Å². The fraction of sp³-hybridized carbons (Fsp3) is 0.308. The van der Waals surface area contributed by atoms with E-state index in [0.29, 0.717) is 17.7 Å². The largest absolute Gasteiger partial charge is 0.332 e. The second-order valence-electron chi connectivity index (χ2n) is 8.85. The highest BCUT2D eigenvalue weighted by Crippen LogP contribution is 2.25. The SMILES string of the molecule is CCn1cc2c(n1)c(=O)n(Cc1ccc(C)cc1)c(=O)n2CC(=O)Nc1ccc2c(c1)CCC2. The van der Waals surface area contributed by atoms with Crippen molar-refractivity contribution >= 4 is 22.6 Å². The van der Waals surface area contributed by atoms with Crippen molar-refractivity contribution in [2.45, 2.75) is 52.7 Å². The zero-order valence-electron chi connectivity index (χ0n) is 19.4.